The first-order chi connectivity index (χ1) is 18.8. The van der Waals surface area contributed by atoms with Gasteiger partial charge in [-0.1, -0.05) is 84.9 Å². The van der Waals surface area contributed by atoms with Crippen LogP contribution >= 0.6 is 0 Å². The number of benzene rings is 1. The molecular formula is C32H52N4O5. The molecule has 9 heteroatoms. The fourth-order valence-electron chi connectivity index (χ4n) is 4.91. The third-order valence-electron chi connectivity index (χ3n) is 7.62. The van der Waals surface area contributed by atoms with E-state index in [0.717, 1.165) is 5.56 Å². The average Bonchev–Trinajstić information content (AvgIpc) is 2.88. The average molecular weight is 573 g/mol. The Balaban J connectivity index is 3.21. The number of carboxylic acids is 1. The van der Waals surface area contributed by atoms with E-state index in [1.54, 1.807) is 38.9 Å². The lowest BCUT2D eigenvalue weighted by atomic mass is 9.76. The first kappa shape index (κ1) is 35.8. The quantitative estimate of drug-likeness (QED) is 0.251. The van der Waals surface area contributed by atoms with Crippen LogP contribution < -0.4 is 16.0 Å². The normalized spacial score (nSPS) is 15.5. The minimum absolute atomic E-state index is 0.0190. The van der Waals surface area contributed by atoms with Crippen molar-refractivity contribution in [3.8, 4) is 0 Å². The third-order valence-corrected chi connectivity index (χ3v) is 7.62. The Morgan fingerprint density at radius 1 is 0.951 bits per heavy atom. The van der Waals surface area contributed by atoms with E-state index in [0.29, 0.717) is 12.0 Å². The molecule has 4 N–H and O–H groups in total. The van der Waals surface area contributed by atoms with Gasteiger partial charge in [-0.3, -0.25) is 19.2 Å². The van der Waals surface area contributed by atoms with Crippen LogP contribution in [0.3, 0.4) is 0 Å². The summed E-state index contributed by atoms with van der Waals surface area (Å²) in [5, 5.41) is 17.9. The van der Waals surface area contributed by atoms with Crippen LogP contribution in [-0.2, 0) is 24.6 Å². The summed E-state index contributed by atoms with van der Waals surface area (Å²) >= 11 is 0. The molecule has 0 saturated heterocycles. The minimum Gasteiger partial charge on any atom is -0.481 e. The Morgan fingerprint density at radius 2 is 1.51 bits per heavy atom. The molecule has 0 saturated carbocycles. The minimum atomic E-state index is -0.913. The van der Waals surface area contributed by atoms with Crippen molar-refractivity contribution in [3.63, 3.8) is 0 Å². The molecule has 4 atom stereocenters. The maximum Gasteiger partial charge on any atom is 0.303 e. The summed E-state index contributed by atoms with van der Waals surface area (Å²) in [4.78, 5) is 53.0. The molecule has 0 heterocycles. The number of nitrogens with zero attached hydrogens (tertiary/aromatic N) is 1. The van der Waals surface area contributed by atoms with Crippen LogP contribution in [0.2, 0.25) is 0 Å². The second kappa shape index (κ2) is 15.1. The second-order valence-corrected chi connectivity index (χ2v) is 13.0. The summed E-state index contributed by atoms with van der Waals surface area (Å²) < 4.78 is 0. The highest BCUT2D eigenvalue weighted by Gasteiger charge is 2.41. The van der Waals surface area contributed by atoms with E-state index in [9.17, 15) is 19.2 Å². The molecule has 1 rings (SSSR count). The van der Waals surface area contributed by atoms with Crippen LogP contribution in [0.1, 0.15) is 80.7 Å². The maximum absolute atomic E-state index is 14.0. The zero-order valence-electron chi connectivity index (χ0n) is 26.8. The molecule has 0 aliphatic carbocycles. The van der Waals surface area contributed by atoms with Gasteiger partial charge >= 0.3 is 5.97 Å². The Morgan fingerprint density at radius 3 is 1.98 bits per heavy atom. The monoisotopic (exact) mass is 572 g/mol. The molecule has 0 aromatic heterocycles. The van der Waals surface area contributed by atoms with Gasteiger partial charge in [-0.25, -0.2) is 0 Å². The molecule has 41 heavy (non-hydrogen) atoms. The molecule has 0 aliphatic rings. The van der Waals surface area contributed by atoms with Gasteiger partial charge in [-0.05, 0) is 44.2 Å². The molecule has 0 radical (unpaired) electrons. The number of hydrogen-bond donors (Lipinski definition) is 4. The van der Waals surface area contributed by atoms with Gasteiger partial charge < -0.3 is 26.0 Å². The van der Waals surface area contributed by atoms with Gasteiger partial charge in [-0.15, -0.1) is 0 Å². The first-order valence-electron chi connectivity index (χ1n) is 14.3. The van der Waals surface area contributed by atoms with Crippen LogP contribution in [0.5, 0.6) is 0 Å². The van der Waals surface area contributed by atoms with Crippen LogP contribution in [0.4, 0.5) is 0 Å². The summed E-state index contributed by atoms with van der Waals surface area (Å²) in [5.41, 5.74) is 0.295. The smallest absolute Gasteiger partial charge is 0.303 e. The summed E-state index contributed by atoms with van der Waals surface area (Å²) in [7, 11) is 3.43. The fraction of sp³-hybridized carbons (Fsp3) is 0.625. The number of likely N-dealkylation sites (N-methyl/N-ethyl adjacent to an activating group) is 2. The molecule has 1 aromatic carbocycles. The molecule has 1 aromatic rings. The zero-order chi connectivity index (χ0) is 31.7. The van der Waals surface area contributed by atoms with Crippen LogP contribution in [0, 0.1) is 11.3 Å². The van der Waals surface area contributed by atoms with Crippen LogP contribution in [0.15, 0.2) is 42.0 Å². The zero-order valence-corrected chi connectivity index (χ0v) is 26.8. The molecule has 0 bridgehead atoms. The number of carbonyl (C=O) groups is 4. The van der Waals surface area contributed by atoms with E-state index in [1.165, 1.54) is 0 Å². The van der Waals surface area contributed by atoms with Crippen molar-refractivity contribution in [3.05, 3.63) is 47.5 Å². The highest BCUT2D eigenvalue weighted by molar-refractivity contribution is 5.94. The Labute approximate surface area is 246 Å². The molecule has 0 unspecified atom stereocenters. The highest BCUT2D eigenvalue weighted by atomic mass is 16.4. The molecule has 0 aliphatic heterocycles. The molecule has 230 valence electrons. The largest absolute Gasteiger partial charge is 0.481 e. The van der Waals surface area contributed by atoms with E-state index in [4.69, 9.17) is 5.11 Å². The summed E-state index contributed by atoms with van der Waals surface area (Å²) in [6.07, 6.45) is 2.05. The highest BCUT2D eigenvalue weighted by Crippen LogP contribution is 2.29. The van der Waals surface area contributed by atoms with Crippen molar-refractivity contribution in [1.29, 1.82) is 0 Å². The summed E-state index contributed by atoms with van der Waals surface area (Å²) in [5.74, 6) is -1.77. The molecule has 0 fully saturated rings. The lowest BCUT2D eigenvalue weighted by molar-refractivity contribution is -0.141. The van der Waals surface area contributed by atoms with Gasteiger partial charge in [0.05, 0.1) is 12.1 Å². The maximum atomic E-state index is 14.0. The number of carbonyl (C=O) groups excluding carboxylic acids is 3. The van der Waals surface area contributed by atoms with Crippen molar-refractivity contribution >= 4 is 23.7 Å². The van der Waals surface area contributed by atoms with E-state index < -0.39 is 34.9 Å². The standard InChI is InChI=1S/C32H52N4O5/c1-20(2)24(19-21(3)28(39)34-22(4)17-18-25(37)38)36(11)30(41)27(31(5,6)7)35-29(40)26(33-10)32(8,9)23-15-13-12-14-16-23/h12-16,19-20,22,24,26-27,33H,17-18H2,1-11H3,(H,34,39)(H,35,40)(H,37,38)/b21-19+/t22-,24-,26-,27-/m1/s1. The van der Waals surface area contributed by atoms with Gasteiger partial charge in [0.2, 0.25) is 17.7 Å². The molecular weight excluding hydrogens is 520 g/mol. The predicted octanol–water partition coefficient (Wildman–Crippen LogP) is 3.88. The topological polar surface area (TPSA) is 128 Å². The summed E-state index contributed by atoms with van der Waals surface area (Å²) in [6, 6.07) is 7.66. The van der Waals surface area contributed by atoms with E-state index in [-0.39, 0.29) is 36.1 Å². The Kier molecular flexibility index (Phi) is 13.2. The fourth-order valence-corrected chi connectivity index (χ4v) is 4.91. The first-order valence-corrected chi connectivity index (χ1v) is 14.3. The Bertz CT molecular complexity index is 1080. The van der Waals surface area contributed by atoms with E-state index in [1.807, 2.05) is 78.8 Å². The van der Waals surface area contributed by atoms with E-state index in [2.05, 4.69) is 16.0 Å². The Hall–Kier alpha value is -3.20. The van der Waals surface area contributed by atoms with Gasteiger partial charge in [0.25, 0.3) is 0 Å². The van der Waals surface area contributed by atoms with Gasteiger partial charge in [-0.2, -0.15) is 0 Å². The third kappa shape index (κ3) is 10.3. The number of aliphatic carboxylic acids is 1. The summed E-state index contributed by atoms with van der Waals surface area (Å²) in [6.45, 7) is 17.1. The van der Waals surface area contributed by atoms with Crippen LogP contribution in [-0.4, -0.2) is 72.0 Å². The lowest BCUT2D eigenvalue weighted by Crippen LogP contribution is -2.61. The van der Waals surface area contributed by atoms with Crippen molar-refractivity contribution in [1.82, 2.24) is 20.9 Å². The number of amides is 3. The second-order valence-electron chi connectivity index (χ2n) is 13.0. The molecule has 0 spiro atoms. The number of rotatable bonds is 14. The SMILES string of the molecule is CN[C@H](C(=O)N[C@H](C(=O)N(C)[C@H](/C=C(\C)C(=O)N[C@H](C)CCC(=O)O)C(C)C)C(C)(C)C)C(C)(C)c1ccccc1. The molecule has 3 amide bonds. The van der Waals surface area contributed by atoms with Crippen molar-refractivity contribution in [2.75, 3.05) is 14.1 Å². The number of hydrogen-bond acceptors (Lipinski definition) is 5. The molecule has 9 nitrogen and oxygen atoms in total. The van der Waals surface area contributed by atoms with Gasteiger partial charge in [0.1, 0.15) is 6.04 Å². The van der Waals surface area contributed by atoms with Crippen molar-refractivity contribution in [2.24, 2.45) is 11.3 Å². The predicted molar refractivity (Wildman–Crippen MR) is 163 cm³/mol. The van der Waals surface area contributed by atoms with Gasteiger partial charge in [0.15, 0.2) is 0 Å². The van der Waals surface area contributed by atoms with Crippen LogP contribution in [0.25, 0.3) is 0 Å². The number of carboxylic acid groups (broad SMARTS) is 1. The lowest BCUT2D eigenvalue weighted by Gasteiger charge is -2.40. The number of nitrogens with one attached hydrogen (secondary N) is 3. The van der Waals surface area contributed by atoms with Crippen molar-refractivity contribution in [2.45, 2.75) is 105 Å². The van der Waals surface area contributed by atoms with E-state index >= 15 is 0 Å². The van der Waals surface area contributed by atoms with Gasteiger partial charge in [0, 0.05) is 30.5 Å². The van der Waals surface area contributed by atoms with Crippen molar-refractivity contribution < 1.29 is 24.3 Å².